The number of para-hydroxylation sites is 2. The first kappa shape index (κ1) is 13.8. The SMILES string of the molecule is O=C(NCc1cc(C2CC2)ncn1)c1cnc2ccccc2n1. The molecule has 0 spiro atoms. The predicted octanol–water partition coefficient (Wildman–Crippen LogP) is 2.23. The van der Waals surface area contributed by atoms with Gasteiger partial charge in [-0.05, 0) is 31.0 Å². The molecule has 1 saturated carbocycles. The van der Waals surface area contributed by atoms with Gasteiger partial charge in [0.05, 0.1) is 29.5 Å². The minimum atomic E-state index is -0.255. The van der Waals surface area contributed by atoms with Gasteiger partial charge in [-0.1, -0.05) is 12.1 Å². The summed E-state index contributed by atoms with van der Waals surface area (Å²) in [5.74, 6) is 0.314. The van der Waals surface area contributed by atoms with Gasteiger partial charge in [0.25, 0.3) is 5.91 Å². The summed E-state index contributed by atoms with van der Waals surface area (Å²) in [6.07, 6.45) is 5.43. The van der Waals surface area contributed by atoms with Crippen molar-refractivity contribution in [2.45, 2.75) is 25.3 Å². The highest BCUT2D eigenvalue weighted by Gasteiger charge is 2.25. The van der Waals surface area contributed by atoms with Gasteiger partial charge in [0.15, 0.2) is 0 Å². The van der Waals surface area contributed by atoms with Crippen molar-refractivity contribution in [3.63, 3.8) is 0 Å². The van der Waals surface area contributed by atoms with Crippen LogP contribution in [0.5, 0.6) is 0 Å². The van der Waals surface area contributed by atoms with Crippen LogP contribution in [0.1, 0.15) is 40.6 Å². The van der Waals surface area contributed by atoms with Crippen LogP contribution in [-0.4, -0.2) is 25.8 Å². The smallest absolute Gasteiger partial charge is 0.271 e. The molecular weight excluding hydrogens is 290 g/mol. The van der Waals surface area contributed by atoms with Crippen LogP contribution < -0.4 is 5.32 Å². The first-order valence-electron chi connectivity index (χ1n) is 7.60. The van der Waals surface area contributed by atoms with Crippen molar-refractivity contribution in [3.8, 4) is 0 Å². The Kier molecular flexibility index (Phi) is 3.42. The van der Waals surface area contributed by atoms with Crippen LogP contribution in [0.25, 0.3) is 11.0 Å². The maximum Gasteiger partial charge on any atom is 0.271 e. The summed E-state index contributed by atoms with van der Waals surface area (Å²) in [5, 5.41) is 2.83. The number of amides is 1. The average molecular weight is 305 g/mol. The summed E-state index contributed by atoms with van der Waals surface area (Å²) in [4.78, 5) is 29.3. The minimum absolute atomic E-state index is 0.255. The third kappa shape index (κ3) is 3.01. The normalized spacial score (nSPS) is 13.9. The van der Waals surface area contributed by atoms with Crippen LogP contribution in [-0.2, 0) is 6.54 Å². The van der Waals surface area contributed by atoms with E-state index >= 15 is 0 Å². The van der Waals surface area contributed by atoms with Crippen LogP contribution in [0.2, 0.25) is 0 Å². The Bertz CT molecular complexity index is 875. The van der Waals surface area contributed by atoms with Crippen molar-refractivity contribution < 1.29 is 4.79 Å². The number of benzene rings is 1. The number of carbonyl (C=O) groups is 1. The lowest BCUT2D eigenvalue weighted by atomic mass is 10.2. The fourth-order valence-corrected chi connectivity index (χ4v) is 2.44. The van der Waals surface area contributed by atoms with Gasteiger partial charge in [0, 0.05) is 11.6 Å². The Morgan fingerprint density at radius 1 is 1.13 bits per heavy atom. The van der Waals surface area contributed by atoms with E-state index in [4.69, 9.17) is 0 Å². The molecule has 6 heteroatoms. The monoisotopic (exact) mass is 305 g/mol. The highest BCUT2D eigenvalue weighted by Crippen LogP contribution is 2.38. The second-order valence-electron chi connectivity index (χ2n) is 5.64. The molecule has 0 bridgehead atoms. The molecule has 0 atom stereocenters. The molecule has 1 aliphatic rings. The van der Waals surface area contributed by atoms with Gasteiger partial charge in [-0.2, -0.15) is 0 Å². The maximum atomic E-state index is 12.2. The molecule has 23 heavy (non-hydrogen) atoms. The molecule has 6 nitrogen and oxygen atoms in total. The van der Waals surface area contributed by atoms with Crippen LogP contribution in [0, 0.1) is 0 Å². The summed E-state index contributed by atoms with van der Waals surface area (Å²) >= 11 is 0. The van der Waals surface area contributed by atoms with Gasteiger partial charge in [0.2, 0.25) is 0 Å². The van der Waals surface area contributed by atoms with E-state index in [1.54, 1.807) is 6.33 Å². The quantitative estimate of drug-likeness (QED) is 0.799. The fourth-order valence-electron chi connectivity index (χ4n) is 2.44. The van der Waals surface area contributed by atoms with E-state index < -0.39 is 0 Å². The lowest BCUT2D eigenvalue weighted by molar-refractivity contribution is 0.0945. The molecule has 0 aliphatic heterocycles. The van der Waals surface area contributed by atoms with Crippen molar-refractivity contribution in [1.29, 1.82) is 0 Å². The summed E-state index contributed by atoms with van der Waals surface area (Å²) < 4.78 is 0. The number of hydrogen-bond acceptors (Lipinski definition) is 5. The maximum absolute atomic E-state index is 12.2. The standard InChI is InChI=1S/C17H15N5O/c23-17(16-9-18-13-3-1-2-4-14(13)22-16)19-8-12-7-15(11-5-6-11)21-10-20-12/h1-4,7,9-11H,5-6,8H2,(H,19,23). The van der Waals surface area contributed by atoms with E-state index in [-0.39, 0.29) is 5.91 Å². The van der Waals surface area contributed by atoms with Crippen molar-refractivity contribution in [1.82, 2.24) is 25.3 Å². The summed E-state index contributed by atoms with van der Waals surface area (Å²) in [6.45, 7) is 0.357. The Hall–Kier alpha value is -2.89. The van der Waals surface area contributed by atoms with E-state index in [0.717, 1.165) is 16.9 Å². The topological polar surface area (TPSA) is 80.7 Å². The highest BCUT2D eigenvalue weighted by atomic mass is 16.1. The molecule has 2 aromatic heterocycles. The van der Waals surface area contributed by atoms with Gasteiger partial charge >= 0.3 is 0 Å². The van der Waals surface area contributed by atoms with Gasteiger partial charge in [-0.25, -0.2) is 15.0 Å². The lowest BCUT2D eigenvalue weighted by Crippen LogP contribution is -2.24. The number of nitrogens with zero attached hydrogens (tertiary/aromatic N) is 4. The number of rotatable bonds is 4. The van der Waals surface area contributed by atoms with Crippen LogP contribution >= 0.6 is 0 Å². The number of aromatic nitrogens is 4. The Labute approximate surface area is 133 Å². The summed E-state index contributed by atoms with van der Waals surface area (Å²) in [5.41, 5.74) is 3.66. The zero-order chi connectivity index (χ0) is 15.6. The highest BCUT2D eigenvalue weighted by molar-refractivity contribution is 5.93. The molecular formula is C17H15N5O. The van der Waals surface area contributed by atoms with Crippen molar-refractivity contribution in [2.75, 3.05) is 0 Å². The second kappa shape index (κ2) is 5.72. The second-order valence-corrected chi connectivity index (χ2v) is 5.64. The van der Waals surface area contributed by atoms with E-state index in [1.807, 2.05) is 30.3 Å². The number of fused-ring (bicyclic) bond motifs is 1. The third-order valence-corrected chi connectivity index (χ3v) is 3.85. The molecule has 0 saturated heterocycles. The number of nitrogens with one attached hydrogen (secondary N) is 1. The molecule has 0 unspecified atom stereocenters. The largest absolute Gasteiger partial charge is 0.345 e. The molecule has 0 radical (unpaired) electrons. The zero-order valence-corrected chi connectivity index (χ0v) is 12.4. The molecule has 1 amide bonds. The molecule has 114 valence electrons. The molecule has 4 rings (SSSR count). The third-order valence-electron chi connectivity index (χ3n) is 3.85. The Balaban J connectivity index is 1.47. The fraction of sp³-hybridized carbons (Fsp3) is 0.235. The van der Waals surface area contributed by atoms with E-state index in [9.17, 15) is 4.79 Å². The van der Waals surface area contributed by atoms with Crippen LogP contribution in [0.3, 0.4) is 0 Å². The summed E-state index contributed by atoms with van der Waals surface area (Å²) in [7, 11) is 0. The Morgan fingerprint density at radius 2 is 1.96 bits per heavy atom. The predicted molar refractivity (Wildman–Crippen MR) is 84.7 cm³/mol. The van der Waals surface area contributed by atoms with Gasteiger partial charge < -0.3 is 5.32 Å². The van der Waals surface area contributed by atoms with Crippen molar-refractivity contribution in [2.24, 2.45) is 0 Å². The first-order valence-corrected chi connectivity index (χ1v) is 7.60. The van der Waals surface area contributed by atoms with Crippen LogP contribution in [0.15, 0.2) is 42.9 Å². The van der Waals surface area contributed by atoms with Gasteiger partial charge in [0.1, 0.15) is 12.0 Å². The first-order chi connectivity index (χ1) is 11.3. The molecule has 1 aliphatic carbocycles. The van der Waals surface area contributed by atoms with Crippen molar-refractivity contribution in [3.05, 3.63) is 59.9 Å². The van der Waals surface area contributed by atoms with E-state index in [1.165, 1.54) is 19.0 Å². The molecule has 3 aromatic rings. The van der Waals surface area contributed by atoms with Gasteiger partial charge in [-0.15, -0.1) is 0 Å². The zero-order valence-electron chi connectivity index (χ0n) is 12.4. The molecule has 1 fully saturated rings. The minimum Gasteiger partial charge on any atom is -0.345 e. The van der Waals surface area contributed by atoms with Gasteiger partial charge in [-0.3, -0.25) is 9.78 Å². The van der Waals surface area contributed by atoms with Crippen molar-refractivity contribution >= 4 is 16.9 Å². The molecule has 1 N–H and O–H groups in total. The summed E-state index contributed by atoms with van der Waals surface area (Å²) in [6, 6.07) is 9.43. The number of carbonyl (C=O) groups excluding carboxylic acids is 1. The number of hydrogen-bond donors (Lipinski definition) is 1. The van der Waals surface area contributed by atoms with E-state index in [0.29, 0.717) is 23.7 Å². The lowest BCUT2D eigenvalue weighted by Gasteiger charge is -2.06. The van der Waals surface area contributed by atoms with Crippen LogP contribution in [0.4, 0.5) is 0 Å². The average Bonchev–Trinajstić information content (AvgIpc) is 3.44. The molecule has 2 heterocycles. The Morgan fingerprint density at radius 3 is 2.78 bits per heavy atom. The molecule has 1 aromatic carbocycles. The van der Waals surface area contributed by atoms with E-state index in [2.05, 4.69) is 25.3 Å².